The lowest BCUT2D eigenvalue weighted by molar-refractivity contribution is -0.384. The highest BCUT2D eigenvalue weighted by Crippen LogP contribution is 2.36. The Bertz CT molecular complexity index is 1260. The molecular weight excluding hydrogens is 414 g/mol. The van der Waals surface area contributed by atoms with Crippen molar-refractivity contribution in [2.24, 2.45) is 5.10 Å². The van der Waals surface area contributed by atoms with Crippen LogP contribution in [-0.4, -0.2) is 10.8 Å². The van der Waals surface area contributed by atoms with Crippen molar-refractivity contribution in [2.45, 2.75) is 6.17 Å². The molecule has 0 bridgehead atoms. The third-order valence-corrected chi connectivity index (χ3v) is 5.34. The maximum atomic E-state index is 11.1. The number of hydrazone groups is 1. The highest BCUT2D eigenvalue weighted by molar-refractivity contribution is 6.01. The summed E-state index contributed by atoms with van der Waals surface area (Å²) in [5.41, 5.74) is 8.45. The van der Waals surface area contributed by atoms with Crippen LogP contribution in [0.3, 0.4) is 0 Å². The third-order valence-electron chi connectivity index (χ3n) is 5.34. The van der Waals surface area contributed by atoms with Gasteiger partial charge in [0.15, 0.2) is 12.0 Å². The van der Waals surface area contributed by atoms with Crippen molar-refractivity contribution in [3.05, 3.63) is 137 Å². The fourth-order valence-corrected chi connectivity index (χ4v) is 3.75. The largest absolute Gasteiger partial charge is 0.269 e. The second kappa shape index (κ2) is 8.84. The standard InChI is InChI=1S/C26H20N5O2/c32-31(33)24-18-16-20(17-19-24)25-27-29(22-12-6-2-7-13-22)26(21-10-4-1-5-11-21)30(28-25)23-14-8-3-9-15-23/h1-19,26H. The Balaban J connectivity index is 1.67. The van der Waals surface area contributed by atoms with E-state index in [0.717, 1.165) is 16.9 Å². The van der Waals surface area contributed by atoms with E-state index in [0.29, 0.717) is 11.4 Å². The van der Waals surface area contributed by atoms with E-state index >= 15 is 0 Å². The van der Waals surface area contributed by atoms with E-state index in [1.54, 1.807) is 12.1 Å². The van der Waals surface area contributed by atoms with Crippen LogP contribution in [0.5, 0.6) is 0 Å². The van der Waals surface area contributed by atoms with E-state index in [2.05, 4.69) is 12.1 Å². The number of anilines is 2. The number of hydrogen-bond acceptors (Lipinski definition) is 5. The normalized spacial score (nSPS) is 15.5. The van der Waals surface area contributed by atoms with Gasteiger partial charge in [-0.1, -0.05) is 66.7 Å². The summed E-state index contributed by atoms with van der Waals surface area (Å²) >= 11 is 0. The zero-order chi connectivity index (χ0) is 22.6. The first kappa shape index (κ1) is 20.3. The van der Waals surface area contributed by atoms with Gasteiger partial charge < -0.3 is 0 Å². The zero-order valence-electron chi connectivity index (χ0n) is 17.6. The topological polar surface area (TPSA) is 76.1 Å². The van der Waals surface area contributed by atoms with Crippen molar-refractivity contribution in [2.75, 3.05) is 10.0 Å². The average Bonchev–Trinajstić information content (AvgIpc) is 2.89. The molecule has 0 aliphatic carbocycles. The number of para-hydroxylation sites is 2. The van der Waals surface area contributed by atoms with Gasteiger partial charge in [0.25, 0.3) is 5.69 Å². The zero-order valence-corrected chi connectivity index (χ0v) is 17.6. The van der Waals surface area contributed by atoms with Gasteiger partial charge in [-0.25, -0.2) is 10.0 Å². The number of hydrogen-bond donors (Lipinski definition) is 0. The van der Waals surface area contributed by atoms with Crippen molar-refractivity contribution in [1.82, 2.24) is 5.43 Å². The molecule has 161 valence electrons. The predicted molar refractivity (Wildman–Crippen MR) is 129 cm³/mol. The third kappa shape index (κ3) is 4.12. The molecule has 1 radical (unpaired) electrons. The lowest BCUT2D eigenvalue weighted by Gasteiger charge is -2.42. The van der Waals surface area contributed by atoms with Crippen LogP contribution >= 0.6 is 0 Å². The van der Waals surface area contributed by atoms with Crippen molar-refractivity contribution in [1.29, 1.82) is 0 Å². The van der Waals surface area contributed by atoms with E-state index in [-0.39, 0.29) is 11.9 Å². The summed E-state index contributed by atoms with van der Waals surface area (Å²) < 4.78 is 0. The summed E-state index contributed by atoms with van der Waals surface area (Å²) in [5, 5.41) is 19.9. The van der Waals surface area contributed by atoms with Crippen molar-refractivity contribution < 1.29 is 4.92 Å². The molecule has 7 heteroatoms. The molecular formula is C26H20N5O2. The molecule has 0 aromatic heterocycles. The Labute approximate surface area is 191 Å². The minimum absolute atomic E-state index is 0.0251. The highest BCUT2D eigenvalue weighted by Gasteiger charge is 2.35. The van der Waals surface area contributed by atoms with Crippen LogP contribution in [0.2, 0.25) is 0 Å². The number of non-ortho nitro benzene ring substituents is 1. The van der Waals surface area contributed by atoms with E-state index in [9.17, 15) is 10.1 Å². The average molecular weight is 434 g/mol. The van der Waals surface area contributed by atoms with Crippen LogP contribution in [0, 0.1) is 10.1 Å². The van der Waals surface area contributed by atoms with Crippen molar-refractivity contribution in [3.63, 3.8) is 0 Å². The van der Waals surface area contributed by atoms with Crippen LogP contribution in [0.1, 0.15) is 17.3 Å². The second-order valence-electron chi connectivity index (χ2n) is 7.47. The van der Waals surface area contributed by atoms with Crippen molar-refractivity contribution >= 4 is 22.9 Å². The Morgan fingerprint density at radius 3 is 1.73 bits per heavy atom. The van der Waals surface area contributed by atoms with Crippen LogP contribution in [0.25, 0.3) is 0 Å². The Hall–Kier alpha value is -4.65. The Morgan fingerprint density at radius 1 is 0.667 bits per heavy atom. The van der Waals surface area contributed by atoms with Crippen LogP contribution in [0.4, 0.5) is 17.1 Å². The number of rotatable bonds is 5. The maximum Gasteiger partial charge on any atom is 0.269 e. The first-order valence-electron chi connectivity index (χ1n) is 10.5. The van der Waals surface area contributed by atoms with E-state index < -0.39 is 4.92 Å². The first-order chi connectivity index (χ1) is 16.2. The molecule has 1 aliphatic heterocycles. The highest BCUT2D eigenvalue weighted by atomic mass is 16.6. The number of benzene rings is 4. The molecule has 0 amide bonds. The van der Waals surface area contributed by atoms with Gasteiger partial charge in [0, 0.05) is 17.7 Å². The number of nitrogens with zero attached hydrogens (tertiary/aromatic N) is 5. The second-order valence-corrected chi connectivity index (χ2v) is 7.47. The quantitative estimate of drug-likeness (QED) is 0.307. The van der Waals surface area contributed by atoms with Gasteiger partial charge in [-0.3, -0.25) is 10.1 Å². The van der Waals surface area contributed by atoms with Crippen LogP contribution in [0.15, 0.2) is 120 Å². The number of nitro benzene ring substituents is 1. The molecule has 7 nitrogen and oxygen atoms in total. The molecule has 0 fully saturated rings. The first-order valence-corrected chi connectivity index (χ1v) is 10.5. The van der Waals surface area contributed by atoms with E-state index in [1.807, 2.05) is 88.9 Å². The Morgan fingerprint density at radius 2 is 1.18 bits per heavy atom. The van der Waals surface area contributed by atoms with Crippen molar-refractivity contribution in [3.8, 4) is 0 Å². The molecule has 4 aromatic carbocycles. The fraction of sp³-hybridized carbons (Fsp3) is 0.0385. The molecule has 0 spiro atoms. The summed E-state index contributed by atoms with van der Waals surface area (Å²) in [7, 11) is 0. The summed E-state index contributed by atoms with van der Waals surface area (Å²) in [4.78, 5) is 10.7. The minimum atomic E-state index is -0.415. The molecule has 0 saturated heterocycles. The lowest BCUT2D eigenvalue weighted by Crippen LogP contribution is -2.51. The van der Waals surface area contributed by atoms with Gasteiger partial charge in [-0.15, -0.1) is 10.5 Å². The smallest absolute Gasteiger partial charge is 0.258 e. The lowest BCUT2D eigenvalue weighted by atomic mass is 10.1. The molecule has 1 atom stereocenters. The Kier molecular flexibility index (Phi) is 5.43. The van der Waals surface area contributed by atoms with Gasteiger partial charge in [0.2, 0.25) is 0 Å². The molecule has 1 heterocycles. The van der Waals surface area contributed by atoms with E-state index in [1.165, 1.54) is 12.1 Å². The van der Waals surface area contributed by atoms with Gasteiger partial charge in [0.05, 0.1) is 16.3 Å². The number of nitro groups is 1. The minimum Gasteiger partial charge on any atom is -0.258 e. The molecule has 33 heavy (non-hydrogen) atoms. The summed E-state index contributed by atoms with van der Waals surface area (Å²) in [6.45, 7) is 0. The molecule has 0 N–H and O–H groups in total. The predicted octanol–water partition coefficient (Wildman–Crippen LogP) is 5.50. The molecule has 0 unspecified atom stereocenters. The van der Waals surface area contributed by atoms with Gasteiger partial charge >= 0.3 is 0 Å². The summed E-state index contributed by atoms with van der Waals surface area (Å²) in [5.74, 6) is 0.463. The molecule has 5 rings (SSSR count). The maximum absolute atomic E-state index is 11.1. The number of amidine groups is 1. The van der Waals surface area contributed by atoms with Gasteiger partial charge in [-0.2, -0.15) is 0 Å². The summed E-state index contributed by atoms with van der Waals surface area (Å²) in [6, 6.07) is 36.2. The fourth-order valence-electron chi connectivity index (χ4n) is 3.75. The molecule has 1 aliphatic rings. The van der Waals surface area contributed by atoms with Gasteiger partial charge in [-0.05, 0) is 42.0 Å². The van der Waals surface area contributed by atoms with Crippen LogP contribution in [-0.2, 0) is 0 Å². The van der Waals surface area contributed by atoms with Crippen LogP contribution < -0.4 is 15.4 Å². The van der Waals surface area contributed by atoms with E-state index in [4.69, 9.17) is 10.5 Å². The monoisotopic (exact) mass is 434 g/mol. The molecule has 4 aromatic rings. The van der Waals surface area contributed by atoms with Gasteiger partial charge in [0.1, 0.15) is 0 Å². The molecule has 0 saturated carbocycles. The summed E-state index contributed by atoms with van der Waals surface area (Å²) in [6.07, 6.45) is -0.321. The SMILES string of the molecule is O=[N+]([O-])c1ccc(C2=NN(c3ccccc3)[C@H](c3ccccc3)N(c3ccccc3)[N]2)cc1.